The number of fused-ring (bicyclic) bond motifs is 1. The second-order valence-electron chi connectivity index (χ2n) is 6.14. The molecule has 2 rings (SSSR count). The fraction of sp³-hybridized carbons (Fsp3) is 0.917. The molecule has 2 saturated carbocycles. The SMILES string of the molecule is COC(=O)C1C2CCCCC21[Si](C)(C)C. The number of rotatable bonds is 2. The van der Waals surface area contributed by atoms with Crippen molar-refractivity contribution in [1.82, 2.24) is 0 Å². The molecule has 86 valence electrons. The van der Waals surface area contributed by atoms with Gasteiger partial charge in [0.1, 0.15) is 0 Å². The van der Waals surface area contributed by atoms with Crippen molar-refractivity contribution < 1.29 is 9.53 Å². The Morgan fingerprint density at radius 3 is 2.47 bits per heavy atom. The largest absolute Gasteiger partial charge is 0.469 e. The van der Waals surface area contributed by atoms with Gasteiger partial charge in [-0.3, -0.25) is 4.79 Å². The van der Waals surface area contributed by atoms with Crippen molar-refractivity contribution in [3.8, 4) is 0 Å². The highest BCUT2D eigenvalue weighted by Gasteiger charge is 2.73. The molecule has 2 aliphatic carbocycles. The van der Waals surface area contributed by atoms with E-state index in [-0.39, 0.29) is 11.9 Å². The van der Waals surface area contributed by atoms with Crippen LogP contribution in [0.15, 0.2) is 0 Å². The van der Waals surface area contributed by atoms with Crippen LogP contribution in [0.4, 0.5) is 0 Å². The summed E-state index contributed by atoms with van der Waals surface area (Å²) in [7, 11) is 0.283. The van der Waals surface area contributed by atoms with Crippen LogP contribution in [0.5, 0.6) is 0 Å². The first-order chi connectivity index (χ1) is 6.95. The lowest BCUT2D eigenvalue weighted by atomic mass is 10.0. The van der Waals surface area contributed by atoms with E-state index in [1.165, 1.54) is 32.8 Å². The average molecular weight is 226 g/mol. The van der Waals surface area contributed by atoms with Crippen LogP contribution < -0.4 is 0 Å². The zero-order valence-corrected chi connectivity index (χ0v) is 11.3. The predicted octanol–water partition coefficient (Wildman–Crippen LogP) is 3.06. The molecule has 0 N–H and O–H groups in total. The Morgan fingerprint density at radius 2 is 2.00 bits per heavy atom. The lowest BCUT2D eigenvalue weighted by Gasteiger charge is -2.33. The summed E-state index contributed by atoms with van der Waals surface area (Å²) >= 11 is 0. The van der Waals surface area contributed by atoms with Crippen LogP contribution in [0.1, 0.15) is 25.7 Å². The minimum atomic E-state index is -1.25. The van der Waals surface area contributed by atoms with E-state index in [4.69, 9.17) is 4.74 Å². The molecule has 0 aromatic rings. The van der Waals surface area contributed by atoms with Gasteiger partial charge in [0.05, 0.1) is 21.1 Å². The third kappa shape index (κ3) is 1.39. The maximum atomic E-state index is 11.8. The monoisotopic (exact) mass is 226 g/mol. The summed E-state index contributed by atoms with van der Waals surface area (Å²) in [6.45, 7) is 7.23. The van der Waals surface area contributed by atoms with Gasteiger partial charge in [-0.05, 0) is 23.8 Å². The summed E-state index contributed by atoms with van der Waals surface area (Å²) in [5.41, 5.74) is 0. The van der Waals surface area contributed by atoms with E-state index in [1.807, 2.05) is 0 Å². The van der Waals surface area contributed by atoms with Crippen LogP contribution in [0.2, 0.25) is 24.7 Å². The van der Waals surface area contributed by atoms with Crippen LogP contribution in [-0.4, -0.2) is 21.2 Å². The fourth-order valence-corrected chi connectivity index (χ4v) is 7.48. The third-order valence-electron chi connectivity index (χ3n) is 4.72. The lowest BCUT2D eigenvalue weighted by molar-refractivity contribution is -0.142. The van der Waals surface area contributed by atoms with Crippen LogP contribution in [-0.2, 0) is 9.53 Å². The van der Waals surface area contributed by atoms with E-state index < -0.39 is 8.07 Å². The number of ether oxygens (including phenoxy) is 1. The molecule has 0 spiro atoms. The van der Waals surface area contributed by atoms with E-state index >= 15 is 0 Å². The molecule has 0 radical (unpaired) electrons. The van der Waals surface area contributed by atoms with Crippen molar-refractivity contribution in [2.24, 2.45) is 11.8 Å². The van der Waals surface area contributed by atoms with Crippen LogP contribution in [0, 0.1) is 11.8 Å². The van der Waals surface area contributed by atoms with Crippen LogP contribution in [0.3, 0.4) is 0 Å². The zero-order chi connectivity index (χ0) is 11.3. The second kappa shape index (κ2) is 3.34. The average Bonchev–Trinajstić information content (AvgIpc) is 2.86. The molecule has 2 nitrogen and oxygen atoms in total. The highest BCUT2D eigenvalue weighted by Crippen LogP contribution is 2.76. The minimum Gasteiger partial charge on any atom is -0.469 e. The Hall–Kier alpha value is -0.313. The van der Waals surface area contributed by atoms with Gasteiger partial charge in [-0.25, -0.2) is 0 Å². The van der Waals surface area contributed by atoms with Crippen molar-refractivity contribution in [3.05, 3.63) is 0 Å². The molecular formula is C12H22O2Si. The van der Waals surface area contributed by atoms with Gasteiger partial charge in [-0.15, -0.1) is 0 Å². The number of hydrogen-bond acceptors (Lipinski definition) is 2. The van der Waals surface area contributed by atoms with Crippen molar-refractivity contribution in [2.75, 3.05) is 7.11 Å². The maximum Gasteiger partial charge on any atom is 0.309 e. The highest BCUT2D eigenvalue weighted by molar-refractivity contribution is 6.80. The molecule has 15 heavy (non-hydrogen) atoms. The van der Waals surface area contributed by atoms with E-state index in [0.29, 0.717) is 11.0 Å². The van der Waals surface area contributed by atoms with Gasteiger partial charge in [0, 0.05) is 0 Å². The van der Waals surface area contributed by atoms with Crippen molar-refractivity contribution in [3.63, 3.8) is 0 Å². The minimum absolute atomic E-state index is 0.0596. The molecule has 3 unspecified atom stereocenters. The molecule has 0 aromatic carbocycles. The fourth-order valence-electron chi connectivity index (χ4n) is 3.96. The van der Waals surface area contributed by atoms with Crippen LogP contribution >= 0.6 is 0 Å². The molecule has 3 heteroatoms. The number of carbonyl (C=O) groups is 1. The lowest BCUT2D eigenvalue weighted by Crippen LogP contribution is -2.34. The Balaban J connectivity index is 2.25. The smallest absolute Gasteiger partial charge is 0.309 e. The normalized spacial score (nSPS) is 39.5. The van der Waals surface area contributed by atoms with Gasteiger partial charge in [-0.2, -0.15) is 0 Å². The number of carbonyl (C=O) groups excluding carboxylic acids is 1. The van der Waals surface area contributed by atoms with Gasteiger partial charge in [0.2, 0.25) is 0 Å². The van der Waals surface area contributed by atoms with E-state index in [2.05, 4.69) is 19.6 Å². The van der Waals surface area contributed by atoms with Gasteiger partial charge < -0.3 is 4.74 Å². The predicted molar refractivity (Wildman–Crippen MR) is 63.5 cm³/mol. The summed E-state index contributed by atoms with van der Waals surface area (Å²) in [5, 5.41) is 0.387. The molecule has 0 heterocycles. The van der Waals surface area contributed by atoms with Crippen LogP contribution in [0.25, 0.3) is 0 Å². The van der Waals surface area contributed by atoms with Gasteiger partial charge in [-0.1, -0.05) is 32.5 Å². The van der Waals surface area contributed by atoms with Gasteiger partial charge in [0.15, 0.2) is 0 Å². The Morgan fingerprint density at radius 1 is 1.33 bits per heavy atom. The van der Waals surface area contributed by atoms with E-state index in [1.54, 1.807) is 0 Å². The first-order valence-corrected chi connectivity index (χ1v) is 9.53. The molecule has 0 aromatic heterocycles. The zero-order valence-electron chi connectivity index (χ0n) is 10.3. The Kier molecular flexibility index (Phi) is 2.49. The van der Waals surface area contributed by atoms with Gasteiger partial charge in [0.25, 0.3) is 0 Å². The first kappa shape index (κ1) is 11.2. The molecule has 0 aliphatic heterocycles. The standard InChI is InChI=1S/C12H22O2Si/c1-14-11(13)10-9-7-5-6-8-12(9,10)15(2,3)4/h9-10H,5-8H2,1-4H3. The Bertz CT molecular complexity index is 282. The summed E-state index contributed by atoms with van der Waals surface area (Å²) in [5.74, 6) is 0.964. The summed E-state index contributed by atoms with van der Waals surface area (Å²) < 4.78 is 4.97. The van der Waals surface area contributed by atoms with Crippen molar-refractivity contribution in [2.45, 2.75) is 50.4 Å². The number of esters is 1. The number of hydrogen-bond donors (Lipinski definition) is 0. The molecule has 2 fully saturated rings. The third-order valence-corrected chi connectivity index (χ3v) is 8.44. The summed E-state index contributed by atoms with van der Waals surface area (Å²) in [4.78, 5) is 11.8. The molecule has 2 aliphatic rings. The van der Waals surface area contributed by atoms with Crippen molar-refractivity contribution in [1.29, 1.82) is 0 Å². The first-order valence-electron chi connectivity index (χ1n) is 6.03. The maximum absolute atomic E-state index is 11.8. The van der Waals surface area contributed by atoms with E-state index in [9.17, 15) is 4.79 Å². The van der Waals surface area contributed by atoms with E-state index in [0.717, 1.165) is 0 Å². The molecule has 0 bridgehead atoms. The van der Waals surface area contributed by atoms with Crippen molar-refractivity contribution >= 4 is 14.0 Å². The molecule has 0 saturated heterocycles. The molecule has 3 atom stereocenters. The molecular weight excluding hydrogens is 204 g/mol. The molecule has 0 amide bonds. The number of methoxy groups -OCH3 is 1. The Labute approximate surface area is 93.4 Å². The highest BCUT2D eigenvalue weighted by atomic mass is 28.3. The summed E-state index contributed by atoms with van der Waals surface area (Å²) in [6, 6.07) is 0. The second-order valence-corrected chi connectivity index (χ2v) is 11.6. The quantitative estimate of drug-likeness (QED) is 0.534. The topological polar surface area (TPSA) is 26.3 Å². The summed E-state index contributed by atoms with van der Waals surface area (Å²) in [6.07, 6.45) is 5.15. The van der Waals surface area contributed by atoms with Gasteiger partial charge >= 0.3 is 5.97 Å².